The van der Waals surface area contributed by atoms with E-state index in [-0.39, 0.29) is 34.4 Å². The maximum Gasteiger partial charge on any atom is 0.231 e. The van der Waals surface area contributed by atoms with Gasteiger partial charge < -0.3 is 41.0 Å². The molecule has 0 saturated carbocycles. The Morgan fingerprint density at radius 2 is 0.625 bits per heavy atom. The molecule has 8 aromatic rings. The van der Waals surface area contributed by atoms with Crippen LogP contribution in [0.5, 0.6) is 0 Å². The molecule has 6 N–H and O–H groups in total. The van der Waals surface area contributed by atoms with Gasteiger partial charge in [0.05, 0.1) is 9.79 Å². The molecule has 0 radical (unpaired) electrons. The molecule has 2 aromatic heterocycles. The van der Waals surface area contributed by atoms with Crippen molar-refractivity contribution in [3.63, 3.8) is 0 Å². The van der Waals surface area contributed by atoms with Gasteiger partial charge in [-0.3, -0.25) is 0 Å². The first-order valence-electron chi connectivity index (χ1n) is 19.4. The number of nitrogens with one attached hydrogen (secondary N) is 6. The van der Waals surface area contributed by atoms with Gasteiger partial charge in [-0.2, -0.15) is 19.9 Å². The Labute approximate surface area is 368 Å². The van der Waals surface area contributed by atoms with Gasteiger partial charge in [-0.25, -0.2) is 16.8 Å². The summed E-state index contributed by atoms with van der Waals surface area (Å²) in [6.45, 7) is 0. The lowest BCUT2D eigenvalue weighted by molar-refractivity contribution is 0.460. The van der Waals surface area contributed by atoms with E-state index in [1.165, 1.54) is 36.4 Å². The molecule has 0 spiro atoms. The molecule has 0 bridgehead atoms. The van der Waals surface area contributed by atoms with Gasteiger partial charge in [0.2, 0.25) is 11.9 Å². The van der Waals surface area contributed by atoms with E-state index in [2.05, 4.69) is 51.8 Å². The number of benzene rings is 6. The number of rotatable bonds is 16. The van der Waals surface area contributed by atoms with Crippen LogP contribution < -0.4 is 31.9 Å². The summed E-state index contributed by atoms with van der Waals surface area (Å²) in [6.07, 6.45) is 2.47. The first kappa shape index (κ1) is 42.5. The predicted octanol–water partition coefficient (Wildman–Crippen LogP) is 9.71. The second kappa shape index (κ2) is 18.8. The predicted molar refractivity (Wildman–Crippen MR) is 247 cm³/mol. The average Bonchev–Trinajstić information content (AvgIpc) is 3.27. The zero-order valence-corrected chi connectivity index (χ0v) is 35.0. The Balaban J connectivity index is 1.07. The highest BCUT2D eigenvalue weighted by Gasteiger charge is 2.15. The molecule has 0 atom stereocenters. The van der Waals surface area contributed by atoms with Crippen LogP contribution in [0.15, 0.2) is 180 Å². The number of nitrogens with zero attached hydrogens (tertiary/aromatic N) is 4. The van der Waals surface area contributed by atoms with Gasteiger partial charge in [0, 0.05) is 46.3 Å². The van der Waals surface area contributed by atoms with E-state index < -0.39 is 30.0 Å². The van der Waals surface area contributed by atoms with E-state index in [4.69, 9.17) is 0 Å². The maximum atomic E-state index is 12.6. The van der Waals surface area contributed by atoms with E-state index in [0.717, 1.165) is 34.9 Å². The third kappa shape index (κ3) is 11.4. The molecule has 18 heteroatoms. The van der Waals surface area contributed by atoms with E-state index in [1.807, 2.05) is 121 Å². The van der Waals surface area contributed by atoms with Crippen molar-refractivity contribution < 1.29 is 25.9 Å². The van der Waals surface area contributed by atoms with E-state index in [1.54, 1.807) is 12.1 Å². The standard InChI is InChI=1S/C46H38N10O6S2/c57-63(58,59)39-27-37(51-45-53-41(47-33-13-5-1-6-14-33)29-42(54-45)48-34-15-7-2-8-16-34)25-23-31(39)21-22-32-24-26-38(28-40(32)64(60,61)62)52-46-55-43(49-35-17-9-3-10-18-35)30-44(56-46)50-36-19-11-4-12-20-36/h1-30H,(H,57,58,59)(H,60,61,62)(H3,47,48,51,53,54)(H3,49,50,52,55,56)/p-2/b22-21+. The third-order valence-corrected chi connectivity index (χ3v) is 10.9. The average molecular weight is 889 g/mol. The van der Waals surface area contributed by atoms with Crippen LogP contribution in [0.4, 0.5) is 69.3 Å². The SMILES string of the molecule is O=S(=O)([O-])c1cc(Nc2nc(Nc3ccccc3)cc(Nc3ccccc3)n2)ccc1/C=C/c1ccc(Nc2nc(Nc3ccccc3)cc(Nc3ccccc3)n2)cc1S(=O)(=O)[O-]. The Kier molecular flexibility index (Phi) is 12.5. The minimum atomic E-state index is -5.10. The van der Waals surface area contributed by atoms with Gasteiger partial charge in [-0.15, -0.1) is 0 Å². The lowest BCUT2D eigenvalue weighted by Gasteiger charge is -2.16. The molecule has 0 unspecified atom stereocenters. The molecular formula is C46H36N10O6S2-2. The molecule has 320 valence electrons. The molecule has 0 fully saturated rings. The summed E-state index contributed by atoms with van der Waals surface area (Å²) < 4.78 is 75.8. The lowest BCUT2D eigenvalue weighted by Crippen LogP contribution is -2.06. The van der Waals surface area contributed by atoms with Gasteiger partial charge in [-0.05, 0) is 83.9 Å². The molecule has 16 nitrogen and oxygen atoms in total. The first-order chi connectivity index (χ1) is 30.9. The van der Waals surface area contributed by atoms with Crippen LogP contribution in [-0.4, -0.2) is 45.9 Å². The molecule has 0 saturated heterocycles. The lowest BCUT2D eigenvalue weighted by atomic mass is 10.1. The topological polar surface area (TPSA) is 238 Å². The van der Waals surface area contributed by atoms with Crippen molar-refractivity contribution in [3.8, 4) is 0 Å². The van der Waals surface area contributed by atoms with Crippen LogP contribution in [-0.2, 0) is 20.2 Å². The molecule has 0 amide bonds. The zero-order chi connectivity index (χ0) is 44.5. The van der Waals surface area contributed by atoms with Crippen molar-refractivity contribution in [2.24, 2.45) is 0 Å². The fraction of sp³-hybridized carbons (Fsp3) is 0. The van der Waals surface area contributed by atoms with Crippen LogP contribution in [0.3, 0.4) is 0 Å². The Morgan fingerprint density at radius 3 is 0.891 bits per heavy atom. The fourth-order valence-electron chi connectivity index (χ4n) is 6.31. The normalized spacial score (nSPS) is 11.5. The molecule has 0 aliphatic rings. The van der Waals surface area contributed by atoms with Crippen LogP contribution in [0.2, 0.25) is 0 Å². The Hall–Kier alpha value is -8.16. The quantitative estimate of drug-likeness (QED) is 0.0391. The molecule has 64 heavy (non-hydrogen) atoms. The number of anilines is 12. The minimum absolute atomic E-state index is 0.0709. The summed E-state index contributed by atoms with van der Waals surface area (Å²) in [7, 11) is -10.2. The third-order valence-electron chi connectivity index (χ3n) is 9.16. The summed E-state index contributed by atoms with van der Waals surface area (Å²) >= 11 is 0. The van der Waals surface area contributed by atoms with Crippen molar-refractivity contribution in [1.29, 1.82) is 0 Å². The smallest absolute Gasteiger partial charge is 0.231 e. The van der Waals surface area contributed by atoms with Crippen molar-refractivity contribution in [2.75, 3.05) is 31.9 Å². The van der Waals surface area contributed by atoms with E-state index in [9.17, 15) is 25.9 Å². The van der Waals surface area contributed by atoms with Crippen molar-refractivity contribution in [1.82, 2.24) is 19.9 Å². The van der Waals surface area contributed by atoms with E-state index >= 15 is 0 Å². The summed E-state index contributed by atoms with van der Waals surface area (Å²) in [4.78, 5) is 16.9. The second-order valence-electron chi connectivity index (χ2n) is 13.9. The Bertz CT molecular complexity index is 2840. The Morgan fingerprint density at radius 1 is 0.344 bits per heavy atom. The number of hydrogen-bond acceptors (Lipinski definition) is 16. The van der Waals surface area contributed by atoms with Crippen LogP contribution >= 0.6 is 0 Å². The number of hydrogen-bond donors (Lipinski definition) is 6. The highest BCUT2D eigenvalue weighted by atomic mass is 32.2. The summed E-state index contributed by atoms with van der Waals surface area (Å²) in [5, 5.41) is 18.8. The monoisotopic (exact) mass is 888 g/mol. The van der Waals surface area contributed by atoms with Gasteiger partial charge >= 0.3 is 0 Å². The first-order valence-corrected chi connectivity index (χ1v) is 22.2. The number of para-hydroxylation sites is 4. The highest BCUT2D eigenvalue weighted by Crippen LogP contribution is 2.30. The zero-order valence-electron chi connectivity index (χ0n) is 33.4. The van der Waals surface area contributed by atoms with Crippen molar-refractivity contribution >= 4 is 102 Å². The van der Waals surface area contributed by atoms with Crippen LogP contribution in [0.25, 0.3) is 12.2 Å². The summed E-state index contributed by atoms with van der Waals surface area (Å²) in [5.41, 5.74) is 3.22. The highest BCUT2D eigenvalue weighted by molar-refractivity contribution is 7.86. The molecular weight excluding hydrogens is 853 g/mol. The van der Waals surface area contributed by atoms with Crippen LogP contribution in [0, 0.1) is 0 Å². The summed E-state index contributed by atoms with van der Waals surface area (Å²) in [5.74, 6) is 1.79. The van der Waals surface area contributed by atoms with Gasteiger partial charge in [0.15, 0.2) is 0 Å². The molecule has 6 aromatic carbocycles. The van der Waals surface area contributed by atoms with Crippen molar-refractivity contribution in [3.05, 3.63) is 181 Å². The summed E-state index contributed by atoms with van der Waals surface area (Å²) in [6, 6.07) is 48.6. The fourth-order valence-corrected chi connectivity index (χ4v) is 7.70. The maximum absolute atomic E-state index is 12.6. The number of aromatic nitrogens is 4. The van der Waals surface area contributed by atoms with Crippen molar-refractivity contribution in [2.45, 2.75) is 9.79 Å². The molecule has 0 aliphatic carbocycles. The van der Waals surface area contributed by atoms with Crippen LogP contribution in [0.1, 0.15) is 11.1 Å². The van der Waals surface area contributed by atoms with Gasteiger partial charge in [-0.1, -0.05) is 97.1 Å². The molecule has 8 rings (SSSR count). The minimum Gasteiger partial charge on any atom is -0.744 e. The molecule has 0 aliphatic heterocycles. The van der Waals surface area contributed by atoms with E-state index in [0.29, 0.717) is 23.3 Å². The van der Waals surface area contributed by atoms with Gasteiger partial charge in [0.1, 0.15) is 43.5 Å². The largest absolute Gasteiger partial charge is 0.744 e. The van der Waals surface area contributed by atoms with Gasteiger partial charge in [0.25, 0.3) is 0 Å². The molecule has 2 heterocycles. The second-order valence-corrected chi connectivity index (χ2v) is 16.6.